The van der Waals surface area contributed by atoms with E-state index >= 15 is 0 Å². The number of ether oxygens (including phenoxy) is 1. The van der Waals surface area contributed by atoms with Gasteiger partial charge in [-0.05, 0) is 68.8 Å². The Hall–Kier alpha value is -1.26. The predicted molar refractivity (Wildman–Crippen MR) is 92.0 cm³/mol. The first-order valence-corrected chi connectivity index (χ1v) is 8.79. The highest BCUT2D eigenvalue weighted by molar-refractivity contribution is 6.30. The lowest BCUT2D eigenvalue weighted by molar-refractivity contribution is -0.140. The molecule has 2 aliphatic heterocycles. The van der Waals surface area contributed by atoms with Gasteiger partial charge in [0.05, 0.1) is 0 Å². The van der Waals surface area contributed by atoms with Crippen molar-refractivity contribution < 1.29 is 9.53 Å². The second kappa shape index (κ2) is 6.70. The SMILES string of the molecule is Cc1cc(Cl)ccc1OC(C)C(=O)N1CCC2(CCNC2)CC1. The van der Waals surface area contributed by atoms with Gasteiger partial charge in [-0.1, -0.05) is 11.6 Å². The third-order valence-corrected chi connectivity index (χ3v) is 5.49. The largest absolute Gasteiger partial charge is 0.481 e. The zero-order valence-corrected chi connectivity index (χ0v) is 14.7. The van der Waals surface area contributed by atoms with E-state index in [-0.39, 0.29) is 5.91 Å². The topological polar surface area (TPSA) is 41.6 Å². The highest BCUT2D eigenvalue weighted by Gasteiger charge is 2.38. The number of amides is 1. The Labute approximate surface area is 143 Å². The molecule has 1 unspecified atom stereocenters. The summed E-state index contributed by atoms with van der Waals surface area (Å²) < 4.78 is 5.87. The maximum Gasteiger partial charge on any atom is 0.263 e. The average Bonchev–Trinajstić information content (AvgIpc) is 2.98. The van der Waals surface area contributed by atoms with Gasteiger partial charge in [-0.2, -0.15) is 0 Å². The number of nitrogens with one attached hydrogen (secondary N) is 1. The number of carbonyl (C=O) groups is 1. The Bertz CT molecular complexity index is 574. The molecule has 4 nitrogen and oxygen atoms in total. The van der Waals surface area contributed by atoms with Crippen LogP contribution < -0.4 is 10.1 Å². The van der Waals surface area contributed by atoms with Gasteiger partial charge >= 0.3 is 0 Å². The number of aryl methyl sites for hydroxylation is 1. The van der Waals surface area contributed by atoms with Gasteiger partial charge in [0.2, 0.25) is 0 Å². The summed E-state index contributed by atoms with van der Waals surface area (Å²) in [5.41, 5.74) is 1.37. The van der Waals surface area contributed by atoms with Crippen LogP contribution in [0.4, 0.5) is 0 Å². The number of halogens is 1. The van der Waals surface area contributed by atoms with Gasteiger partial charge in [0, 0.05) is 24.7 Å². The van der Waals surface area contributed by atoms with E-state index in [0.29, 0.717) is 10.4 Å². The summed E-state index contributed by atoms with van der Waals surface area (Å²) in [5, 5.41) is 4.13. The van der Waals surface area contributed by atoms with Crippen LogP contribution in [0.1, 0.15) is 31.7 Å². The minimum Gasteiger partial charge on any atom is -0.481 e. The molecule has 1 N–H and O–H groups in total. The van der Waals surface area contributed by atoms with Crippen molar-refractivity contribution in [2.24, 2.45) is 5.41 Å². The Kier molecular flexibility index (Phi) is 4.83. The smallest absolute Gasteiger partial charge is 0.263 e. The Morgan fingerprint density at radius 1 is 1.35 bits per heavy atom. The normalized spacial score (nSPS) is 21.4. The zero-order chi connectivity index (χ0) is 16.4. The van der Waals surface area contributed by atoms with Crippen LogP contribution in [0.25, 0.3) is 0 Å². The van der Waals surface area contributed by atoms with Gasteiger partial charge in [-0.15, -0.1) is 0 Å². The zero-order valence-electron chi connectivity index (χ0n) is 13.9. The van der Waals surface area contributed by atoms with Crippen LogP contribution in [-0.4, -0.2) is 43.1 Å². The molecule has 23 heavy (non-hydrogen) atoms. The lowest BCUT2D eigenvalue weighted by Crippen LogP contribution is -2.48. The van der Waals surface area contributed by atoms with E-state index < -0.39 is 6.10 Å². The average molecular weight is 337 g/mol. The first-order valence-electron chi connectivity index (χ1n) is 8.41. The van der Waals surface area contributed by atoms with Crippen LogP contribution >= 0.6 is 11.6 Å². The van der Waals surface area contributed by atoms with Crippen LogP contribution in [0.5, 0.6) is 5.75 Å². The summed E-state index contributed by atoms with van der Waals surface area (Å²) >= 11 is 5.96. The standard InChI is InChI=1S/C18H25ClN2O2/c1-13-11-15(19)3-4-16(13)23-14(2)17(22)21-9-6-18(7-10-21)5-8-20-12-18/h3-4,11,14,20H,5-10,12H2,1-2H3. The first-order chi connectivity index (χ1) is 11.0. The molecule has 0 aliphatic carbocycles. The van der Waals surface area contributed by atoms with E-state index in [1.54, 1.807) is 6.07 Å². The predicted octanol–water partition coefficient (Wildman–Crippen LogP) is 3.02. The minimum atomic E-state index is -0.467. The van der Waals surface area contributed by atoms with E-state index in [1.807, 2.05) is 30.9 Å². The molecule has 2 fully saturated rings. The first kappa shape index (κ1) is 16.6. The fourth-order valence-corrected chi connectivity index (χ4v) is 3.89. The van der Waals surface area contributed by atoms with E-state index in [2.05, 4.69) is 5.32 Å². The van der Waals surface area contributed by atoms with Gasteiger partial charge in [0.1, 0.15) is 5.75 Å². The molecule has 126 valence electrons. The molecule has 3 rings (SSSR count). The Balaban J connectivity index is 1.57. The van der Waals surface area contributed by atoms with Crippen LogP contribution in [-0.2, 0) is 4.79 Å². The third kappa shape index (κ3) is 3.64. The molecule has 1 aromatic carbocycles. The minimum absolute atomic E-state index is 0.0835. The van der Waals surface area contributed by atoms with E-state index in [9.17, 15) is 4.79 Å². The molecule has 0 radical (unpaired) electrons. The quantitative estimate of drug-likeness (QED) is 0.922. The van der Waals surface area contributed by atoms with Crippen molar-refractivity contribution in [1.82, 2.24) is 10.2 Å². The summed E-state index contributed by atoms with van der Waals surface area (Å²) in [5.74, 6) is 0.809. The fraction of sp³-hybridized carbons (Fsp3) is 0.611. The summed E-state index contributed by atoms with van der Waals surface area (Å²) in [7, 11) is 0. The lowest BCUT2D eigenvalue weighted by atomic mass is 9.78. The molecule has 0 bridgehead atoms. The van der Waals surface area contributed by atoms with Crippen LogP contribution in [0.3, 0.4) is 0 Å². The summed E-state index contributed by atoms with van der Waals surface area (Å²) in [4.78, 5) is 14.6. The van der Waals surface area contributed by atoms with Gasteiger partial charge in [-0.3, -0.25) is 4.79 Å². The van der Waals surface area contributed by atoms with Gasteiger partial charge in [-0.25, -0.2) is 0 Å². The molecular weight excluding hydrogens is 312 g/mol. The Morgan fingerprint density at radius 2 is 2.09 bits per heavy atom. The van der Waals surface area contributed by atoms with Crippen molar-refractivity contribution in [3.8, 4) is 5.75 Å². The number of nitrogens with zero attached hydrogens (tertiary/aromatic N) is 1. The monoisotopic (exact) mass is 336 g/mol. The van der Waals surface area contributed by atoms with Crippen LogP contribution in [0, 0.1) is 12.3 Å². The molecule has 5 heteroatoms. The van der Waals surface area contributed by atoms with Crippen molar-refractivity contribution in [3.05, 3.63) is 28.8 Å². The number of piperidine rings is 1. The molecule has 0 aromatic heterocycles. The number of hydrogen-bond donors (Lipinski definition) is 1. The highest BCUT2D eigenvalue weighted by atomic mass is 35.5. The molecule has 1 amide bonds. The van der Waals surface area contributed by atoms with Crippen molar-refractivity contribution in [2.45, 2.75) is 39.2 Å². The number of carbonyl (C=O) groups excluding carboxylic acids is 1. The number of benzene rings is 1. The van der Waals surface area contributed by atoms with Gasteiger partial charge in [0.25, 0.3) is 5.91 Å². The Morgan fingerprint density at radius 3 is 2.70 bits per heavy atom. The van der Waals surface area contributed by atoms with Crippen LogP contribution in [0.15, 0.2) is 18.2 Å². The van der Waals surface area contributed by atoms with Crippen LogP contribution in [0.2, 0.25) is 5.02 Å². The second-order valence-corrected chi connectivity index (χ2v) is 7.36. The maximum absolute atomic E-state index is 12.6. The van der Waals surface area contributed by atoms with E-state index in [0.717, 1.165) is 50.3 Å². The van der Waals surface area contributed by atoms with E-state index in [1.165, 1.54) is 6.42 Å². The van der Waals surface area contributed by atoms with Crippen molar-refractivity contribution >= 4 is 17.5 Å². The number of hydrogen-bond acceptors (Lipinski definition) is 3. The molecule has 2 heterocycles. The second-order valence-electron chi connectivity index (χ2n) is 6.92. The highest BCUT2D eigenvalue weighted by Crippen LogP contribution is 2.37. The number of rotatable bonds is 3. The van der Waals surface area contributed by atoms with Crippen molar-refractivity contribution in [1.29, 1.82) is 0 Å². The molecule has 1 aromatic rings. The fourth-order valence-electron chi connectivity index (χ4n) is 3.67. The lowest BCUT2D eigenvalue weighted by Gasteiger charge is -2.39. The van der Waals surface area contributed by atoms with Crippen molar-refractivity contribution in [2.75, 3.05) is 26.2 Å². The molecule has 0 saturated carbocycles. The molecule has 2 aliphatic rings. The molecule has 1 spiro atoms. The maximum atomic E-state index is 12.6. The number of likely N-dealkylation sites (tertiary alicyclic amines) is 1. The summed E-state index contributed by atoms with van der Waals surface area (Å²) in [6, 6.07) is 5.47. The van der Waals surface area contributed by atoms with Gasteiger partial charge in [0.15, 0.2) is 6.10 Å². The molecule has 2 saturated heterocycles. The van der Waals surface area contributed by atoms with Crippen molar-refractivity contribution in [3.63, 3.8) is 0 Å². The van der Waals surface area contributed by atoms with E-state index in [4.69, 9.17) is 16.3 Å². The van der Waals surface area contributed by atoms with Gasteiger partial charge < -0.3 is 15.0 Å². The molecular formula is C18H25ClN2O2. The summed E-state index contributed by atoms with van der Waals surface area (Å²) in [6.45, 7) is 7.67. The summed E-state index contributed by atoms with van der Waals surface area (Å²) in [6.07, 6.45) is 2.97. The third-order valence-electron chi connectivity index (χ3n) is 5.26. The molecule has 1 atom stereocenters.